The summed E-state index contributed by atoms with van der Waals surface area (Å²) in [6.07, 6.45) is 3.36. The second kappa shape index (κ2) is 5.69. The Morgan fingerprint density at radius 2 is 2.14 bits per heavy atom. The van der Waals surface area contributed by atoms with Crippen LogP contribution in [0.1, 0.15) is 5.56 Å². The lowest BCUT2D eigenvalue weighted by molar-refractivity contribution is 0.241. The number of nitrogens with one attached hydrogen (secondary N) is 2. The molecule has 0 atom stereocenters. The fourth-order valence-corrected chi connectivity index (χ4v) is 0.873. The van der Waals surface area contributed by atoms with Crippen LogP contribution in [0.2, 0.25) is 0 Å². The topological polar surface area (TPSA) is 66.4 Å². The van der Waals surface area contributed by atoms with Crippen LogP contribution in [0.25, 0.3) is 0 Å². The van der Waals surface area contributed by atoms with Crippen LogP contribution < -0.4 is 10.6 Å². The number of carbonyl (C=O) groups is 1. The fraction of sp³-hybridized carbons (Fsp3) is 0.222. The summed E-state index contributed by atoms with van der Waals surface area (Å²) < 4.78 is 0. The van der Waals surface area contributed by atoms with Gasteiger partial charge in [0, 0.05) is 18.9 Å². The van der Waals surface area contributed by atoms with Gasteiger partial charge in [-0.15, -0.1) is 0 Å². The predicted molar refractivity (Wildman–Crippen MR) is 54.0 cm³/mol. The van der Waals surface area contributed by atoms with Gasteiger partial charge in [-0.05, 0) is 24.4 Å². The molecule has 0 radical (unpaired) electrons. The summed E-state index contributed by atoms with van der Waals surface area (Å²) in [7, 11) is 0. The lowest BCUT2D eigenvalue weighted by atomic mass is 10.3. The number of aromatic nitrogens is 1. The maximum absolute atomic E-state index is 11.0. The molecule has 5 heteroatoms. The Balaban J connectivity index is 2.27. The van der Waals surface area contributed by atoms with Gasteiger partial charge in [-0.3, -0.25) is 9.98 Å². The van der Waals surface area contributed by atoms with E-state index in [-0.39, 0.29) is 12.7 Å². The highest BCUT2D eigenvalue weighted by molar-refractivity contribution is 5.73. The average molecular weight is 192 g/mol. The molecular weight excluding hydrogens is 180 g/mol. The summed E-state index contributed by atoms with van der Waals surface area (Å²) in [5.74, 6) is 0. The van der Waals surface area contributed by atoms with Crippen LogP contribution in [0.3, 0.4) is 0 Å². The van der Waals surface area contributed by atoms with E-state index in [1.54, 1.807) is 12.4 Å². The van der Waals surface area contributed by atoms with Gasteiger partial charge in [-0.2, -0.15) is 0 Å². The zero-order chi connectivity index (χ0) is 10.2. The van der Waals surface area contributed by atoms with E-state index >= 15 is 0 Å². The molecule has 0 aliphatic rings. The monoisotopic (exact) mass is 192 g/mol. The molecule has 0 aromatic carbocycles. The zero-order valence-electron chi connectivity index (χ0n) is 7.73. The molecule has 0 bridgehead atoms. The Bertz CT molecular complexity index is 299. The van der Waals surface area contributed by atoms with Crippen LogP contribution in [0, 0.1) is 0 Å². The smallest absolute Gasteiger partial charge is 0.316 e. The first-order chi connectivity index (χ1) is 6.83. The highest BCUT2D eigenvalue weighted by atomic mass is 16.2. The third-order valence-electron chi connectivity index (χ3n) is 1.55. The molecule has 5 nitrogen and oxygen atoms in total. The number of pyridine rings is 1. The number of amides is 2. The highest BCUT2D eigenvalue weighted by Crippen LogP contribution is 1.94. The largest absolute Gasteiger partial charge is 0.334 e. The normalized spacial score (nSPS) is 9.14. The van der Waals surface area contributed by atoms with Crippen LogP contribution in [-0.4, -0.2) is 24.4 Å². The summed E-state index contributed by atoms with van der Waals surface area (Å²) in [4.78, 5) is 18.4. The van der Waals surface area contributed by atoms with E-state index in [0.29, 0.717) is 6.54 Å². The molecule has 0 aliphatic carbocycles. The van der Waals surface area contributed by atoms with Crippen LogP contribution in [-0.2, 0) is 6.54 Å². The van der Waals surface area contributed by atoms with E-state index < -0.39 is 0 Å². The Kier molecular flexibility index (Phi) is 4.13. The second-order valence-corrected chi connectivity index (χ2v) is 2.60. The number of rotatable bonds is 4. The van der Waals surface area contributed by atoms with Crippen LogP contribution in [0.15, 0.2) is 29.5 Å². The molecule has 0 saturated heterocycles. The van der Waals surface area contributed by atoms with E-state index in [9.17, 15) is 4.79 Å². The molecule has 1 aromatic heterocycles. The summed E-state index contributed by atoms with van der Waals surface area (Å²) >= 11 is 0. The lowest BCUT2D eigenvalue weighted by Crippen LogP contribution is -2.34. The highest BCUT2D eigenvalue weighted by Gasteiger charge is 1.97. The van der Waals surface area contributed by atoms with E-state index in [2.05, 4.69) is 27.3 Å². The number of carbonyl (C=O) groups excluding carboxylic acids is 1. The van der Waals surface area contributed by atoms with Crippen molar-refractivity contribution in [2.75, 3.05) is 6.67 Å². The molecule has 0 fully saturated rings. The van der Waals surface area contributed by atoms with Crippen molar-refractivity contribution in [1.82, 2.24) is 15.6 Å². The first kappa shape index (κ1) is 10.2. The minimum atomic E-state index is -0.255. The minimum absolute atomic E-state index is 0.224. The van der Waals surface area contributed by atoms with Crippen molar-refractivity contribution in [1.29, 1.82) is 0 Å². The first-order valence-corrected chi connectivity index (χ1v) is 4.16. The fourth-order valence-electron chi connectivity index (χ4n) is 0.873. The summed E-state index contributed by atoms with van der Waals surface area (Å²) in [6.45, 7) is 3.95. The molecule has 2 N–H and O–H groups in total. The first-order valence-electron chi connectivity index (χ1n) is 4.16. The third kappa shape index (κ3) is 3.66. The maximum atomic E-state index is 11.0. The minimum Gasteiger partial charge on any atom is -0.334 e. The van der Waals surface area contributed by atoms with Crippen molar-refractivity contribution in [2.45, 2.75) is 6.54 Å². The Hall–Kier alpha value is -1.91. The average Bonchev–Trinajstić information content (AvgIpc) is 2.25. The van der Waals surface area contributed by atoms with Crippen molar-refractivity contribution < 1.29 is 4.79 Å². The number of hydrogen-bond donors (Lipinski definition) is 2. The van der Waals surface area contributed by atoms with Gasteiger partial charge >= 0.3 is 6.03 Å². The van der Waals surface area contributed by atoms with Crippen molar-refractivity contribution in [2.24, 2.45) is 4.99 Å². The molecule has 0 saturated carbocycles. The quantitative estimate of drug-likeness (QED) is 0.684. The molecule has 74 valence electrons. The Morgan fingerprint density at radius 1 is 1.43 bits per heavy atom. The van der Waals surface area contributed by atoms with Gasteiger partial charge < -0.3 is 10.6 Å². The maximum Gasteiger partial charge on any atom is 0.316 e. The van der Waals surface area contributed by atoms with Crippen molar-refractivity contribution in [3.05, 3.63) is 30.1 Å². The molecule has 2 amide bonds. The van der Waals surface area contributed by atoms with Crippen LogP contribution in [0.4, 0.5) is 4.79 Å². The van der Waals surface area contributed by atoms with Gasteiger partial charge in [0.05, 0.1) is 0 Å². The Labute approximate surface area is 82.3 Å². The third-order valence-corrected chi connectivity index (χ3v) is 1.55. The van der Waals surface area contributed by atoms with Gasteiger partial charge in [0.15, 0.2) is 0 Å². The van der Waals surface area contributed by atoms with Gasteiger partial charge in [0.1, 0.15) is 6.67 Å². The van der Waals surface area contributed by atoms with Crippen LogP contribution in [0.5, 0.6) is 0 Å². The second-order valence-electron chi connectivity index (χ2n) is 2.60. The van der Waals surface area contributed by atoms with Gasteiger partial charge in [-0.25, -0.2) is 4.79 Å². The SMILES string of the molecule is C=NCNC(=O)NCc1ccncc1. The number of hydrogen-bond acceptors (Lipinski definition) is 3. The number of aliphatic imine (C=N–C) groups is 1. The summed E-state index contributed by atoms with van der Waals surface area (Å²) in [5, 5.41) is 5.18. The van der Waals surface area contributed by atoms with Crippen LogP contribution >= 0.6 is 0 Å². The molecule has 0 spiro atoms. The van der Waals surface area contributed by atoms with E-state index in [4.69, 9.17) is 0 Å². The van der Waals surface area contributed by atoms with Gasteiger partial charge in [0.25, 0.3) is 0 Å². The number of nitrogens with zero attached hydrogens (tertiary/aromatic N) is 2. The van der Waals surface area contributed by atoms with Gasteiger partial charge in [-0.1, -0.05) is 0 Å². The molecule has 14 heavy (non-hydrogen) atoms. The molecular formula is C9H12N4O. The summed E-state index contributed by atoms with van der Waals surface area (Å²) in [5.41, 5.74) is 1.00. The standard InChI is InChI=1S/C9H12N4O/c1-10-7-13-9(14)12-6-8-2-4-11-5-3-8/h2-5H,1,6-7H2,(H2,12,13,14). The predicted octanol–water partition coefficient (Wildman–Crippen LogP) is 0.539. The number of urea groups is 1. The van der Waals surface area contributed by atoms with Crippen molar-refractivity contribution in [3.63, 3.8) is 0 Å². The summed E-state index contributed by atoms with van der Waals surface area (Å²) in [6, 6.07) is 3.42. The molecule has 1 rings (SSSR count). The van der Waals surface area contributed by atoms with Crippen molar-refractivity contribution >= 4 is 12.7 Å². The van der Waals surface area contributed by atoms with Gasteiger partial charge in [0.2, 0.25) is 0 Å². The zero-order valence-corrected chi connectivity index (χ0v) is 7.73. The van der Waals surface area contributed by atoms with E-state index in [1.807, 2.05) is 12.1 Å². The lowest BCUT2D eigenvalue weighted by Gasteiger charge is -2.04. The molecule has 0 unspecified atom stereocenters. The van der Waals surface area contributed by atoms with E-state index in [0.717, 1.165) is 5.56 Å². The Morgan fingerprint density at radius 3 is 2.79 bits per heavy atom. The van der Waals surface area contributed by atoms with E-state index in [1.165, 1.54) is 0 Å². The molecule has 1 heterocycles. The molecule has 0 aliphatic heterocycles. The van der Waals surface area contributed by atoms with Crippen molar-refractivity contribution in [3.8, 4) is 0 Å². The molecule has 1 aromatic rings.